The third kappa shape index (κ3) is 3.07. The Labute approximate surface area is 101 Å². The van der Waals surface area contributed by atoms with Gasteiger partial charge >= 0.3 is 5.97 Å². The van der Waals surface area contributed by atoms with E-state index in [9.17, 15) is 4.79 Å². The van der Waals surface area contributed by atoms with Crippen molar-refractivity contribution in [3.05, 3.63) is 35.4 Å². The van der Waals surface area contributed by atoms with Gasteiger partial charge in [-0.3, -0.25) is 4.79 Å². The van der Waals surface area contributed by atoms with Gasteiger partial charge in [-0.05, 0) is 35.8 Å². The first-order valence-electron chi connectivity index (χ1n) is 6.01. The van der Waals surface area contributed by atoms with Crippen LogP contribution in [0.1, 0.15) is 36.3 Å². The summed E-state index contributed by atoms with van der Waals surface area (Å²) in [6.45, 7) is 0.555. The van der Waals surface area contributed by atoms with Gasteiger partial charge in [0.15, 0.2) is 0 Å². The van der Waals surface area contributed by atoms with Crippen LogP contribution < -0.4 is 0 Å². The molecule has 1 unspecified atom stereocenters. The van der Waals surface area contributed by atoms with Crippen molar-refractivity contribution < 1.29 is 14.6 Å². The summed E-state index contributed by atoms with van der Waals surface area (Å²) in [6.07, 6.45) is 2.53. The summed E-state index contributed by atoms with van der Waals surface area (Å²) in [7, 11) is 1.67. The van der Waals surface area contributed by atoms with Gasteiger partial charge < -0.3 is 9.84 Å². The van der Waals surface area contributed by atoms with Gasteiger partial charge in [0.25, 0.3) is 0 Å². The third-order valence-electron chi connectivity index (χ3n) is 3.34. The Kier molecular flexibility index (Phi) is 3.79. The molecule has 0 bridgehead atoms. The second-order valence-corrected chi connectivity index (χ2v) is 4.67. The average Bonchev–Trinajstić information content (AvgIpc) is 3.11. The molecule has 0 aromatic heterocycles. The van der Waals surface area contributed by atoms with E-state index in [-0.39, 0.29) is 12.3 Å². The number of hydrogen-bond acceptors (Lipinski definition) is 2. The molecule has 0 radical (unpaired) electrons. The molecule has 92 valence electrons. The van der Waals surface area contributed by atoms with Crippen molar-refractivity contribution in [2.45, 2.75) is 31.8 Å². The first kappa shape index (κ1) is 12.1. The van der Waals surface area contributed by atoms with Crippen LogP contribution in [-0.4, -0.2) is 18.2 Å². The Morgan fingerprint density at radius 3 is 2.76 bits per heavy atom. The second kappa shape index (κ2) is 5.32. The maximum Gasteiger partial charge on any atom is 0.303 e. The topological polar surface area (TPSA) is 46.5 Å². The van der Waals surface area contributed by atoms with Crippen molar-refractivity contribution in [2.75, 3.05) is 7.11 Å². The maximum absolute atomic E-state index is 11.0. The molecule has 1 N–H and O–H groups in total. The zero-order chi connectivity index (χ0) is 12.3. The van der Waals surface area contributed by atoms with Crippen molar-refractivity contribution in [3.8, 4) is 0 Å². The van der Waals surface area contributed by atoms with Gasteiger partial charge in [0.2, 0.25) is 0 Å². The number of hydrogen-bond donors (Lipinski definition) is 1. The zero-order valence-corrected chi connectivity index (χ0v) is 10.1. The maximum atomic E-state index is 11.0. The molecule has 3 heteroatoms. The minimum Gasteiger partial charge on any atom is -0.481 e. The van der Waals surface area contributed by atoms with Crippen molar-refractivity contribution in [1.82, 2.24) is 0 Å². The van der Waals surface area contributed by atoms with E-state index in [4.69, 9.17) is 9.84 Å². The Morgan fingerprint density at radius 2 is 2.18 bits per heavy atom. The van der Waals surface area contributed by atoms with Crippen molar-refractivity contribution >= 4 is 5.97 Å². The molecular formula is C14H18O3. The fraction of sp³-hybridized carbons (Fsp3) is 0.500. The van der Waals surface area contributed by atoms with Crippen LogP contribution in [0.3, 0.4) is 0 Å². The molecule has 1 fully saturated rings. The van der Waals surface area contributed by atoms with Gasteiger partial charge in [-0.1, -0.05) is 24.3 Å². The van der Waals surface area contributed by atoms with Crippen LogP contribution >= 0.6 is 0 Å². The molecule has 0 aliphatic heterocycles. The van der Waals surface area contributed by atoms with E-state index in [1.54, 1.807) is 7.11 Å². The van der Waals surface area contributed by atoms with Crippen LogP contribution in [0.5, 0.6) is 0 Å². The van der Waals surface area contributed by atoms with E-state index in [1.165, 1.54) is 0 Å². The lowest BCUT2D eigenvalue weighted by molar-refractivity contribution is -0.137. The van der Waals surface area contributed by atoms with E-state index in [2.05, 4.69) is 0 Å². The number of benzene rings is 1. The Morgan fingerprint density at radius 1 is 1.47 bits per heavy atom. The fourth-order valence-electron chi connectivity index (χ4n) is 2.40. The number of carboxylic acids is 1. The van der Waals surface area contributed by atoms with Gasteiger partial charge in [-0.15, -0.1) is 0 Å². The number of carboxylic acid groups (broad SMARTS) is 1. The van der Waals surface area contributed by atoms with E-state index >= 15 is 0 Å². The second-order valence-electron chi connectivity index (χ2n) is 4.67. The first-order valence-corrected chi connectivity index (χ1v) is 6.01. The number of ether oxygens (including phenoxy) is 1. The SMILES string of the molecule is COCc1ccccc1C(CC(=O)O)C1CC1. The number of rotatable bonds is 6. The molecule has 0 saturated heterocycles. The van der Waals surface area contributed by atoms with Crippen molar-refractivity contribution in [1.29, 1.82) is 0 Å². The van der Waals surface area contributed by atoms with Crippen LogP contribution in [0.4, 0.5) is 0 Å². The summed E-state index contributed by atoms with van der Waals surface area (Å²) in [5.74, 6) is -0.0166. The largest absolute Gasteiger partial charge is 0.481 e. The molecule has 17 heavy (non-hydrogen) atoms. The Balaban J connectivity index is 2.24. The van der Waals surface area contributed by atoms with Crippen LogP contribution in [0.2, 0.25) is 0 Å². The highest BCUT2D eigenvalue weighted by molar-refractivity contribution is 5.68. The minimum atomic E-state index is -0.714. The predicted octanol–water partition coefficient (Wildman–Crippen LogP) is 2.80. The van der Waals surface area contributed by atoms with E-state index in [1.807, 2.05) is 24.3 Å². The van der Waals surface area contributed by atoms with Gasteiger partial charge in [0.1, 0.15) is 0 Å². The minimum absolute atomic E-state index is 0.152. The number of aliphatic carboxylic acids is 1. The summed E-state index contributed by atoms with van der Waals surface area (Å²) in [6, 6.07) is 8.02. The Bertz CT molecular complexity index is 396. The normalized spacial score (nSPS) is 16.8. The van der Waals surface area contributed by atoms with Crippen LogP contribution in [0.25, 0.3) is 0 Å². The Hall–Kier alpha value is -1.35. The van der Waals surface area contributed by atoms with Gasteiger partial charge in [0, 0.05) is 7.11 Å². The lowest BCUT2D eigenvalue weighted by Crippen LogP contribution is -2.11. The van der Waals surface area contributed by atoms with E-state index in [0.717, 1.165) is 24.0 Å². The molecule has 2 rings (SSSR count). The quantitative estimate of drug-likeness (QED) is 0.823. The zero-order valence-electron chi connectivity index (χ0n) is 10.1. The van der Waals surface area contributed by atoms with Gasteiger partial charge in [-0.2, -0.15) is 0 Å². The number of methoxy groups -OCH3 is 1. The molecular weight excluding hydrogens is 216 g/mol. The summed E-state index contributed by atoms with van der Waals surface area (Å²) in [5, 5.41) is 9.01. The molecule has 1 aliphatic carbocycles. The molecule has 1 aliphatic rings. The predicted molar refractivity (Wildman–Crippen MR) is 64.9 cm³/mol. The fourth-order valence-corrected chi connectivity index (χ4v) is 2.40. The lowest BCUT2D eigenvalue weighted by atomic mass is 9.88. The van der Waals surface area contributed by atoms with Gasteiger partial charge in [0.05, 0.1) is 13.0 Å². The molecule has 0 heterocycles. The summed E-state index contributed by atoms with van der Waals surface area (Å²) in [5.41, 5.74) is 2.27. The van der Waals surface area contributed by atoms with E-state index in [0.29, 0.717) is 12.5 Å². The highest BCUT2D eigenvalue weighted by Gasteiger charge is 2.34. The highest BCUT2D eigenvalue weighted by atomic mass is 16.5. The van der Waals surface area contributed by atoms with Crippen molar-refractivity contribution in [3.63, 3.8) is 0 Å². The van der Waals surface area contributed by atoms with E-state index < -0.39 is 5.97 Å². The monoisotopic (exact) mass is 234 g/mol. The molecule has 1 aromatic carbocycles. The van der Waals surface area contributed by atoms with Crippen LogP contribution in [0, 0.1) is 5.92 Å². The molecule has 1 atom stereocenters. The van der Waals surface area contributed by atoms with Gasteiger partial charge in [-0.25, -0.2) is 0 Å². The molecule has 1 aromatic rings. The highest BCUT2D eigenvalue weighted by Crippen LogP contribution is 2.45. The van der Waals surface area contributed by atoms with Crippen molar-refractivity contribution in [2.24, 2.45) is 5.92 Å². The molecule has 3 nitrogen and oxygen atoms in total. The molecule has 0 spiro atoms. The summed E-state index contributed by atoms with van der Waals surface area (Å²) < 4.78 is 5.18. The number of carbonyl (C=O) groups is 1. The lowest BCUT2D eigenvalue weighted by Gasteiger charge is -2.18. The molecule has 0 amide bonds. The molecule has 1 saturated carbocycles. The smallest absolute Gasteiger partial charge is 0.303 e. The average molecular weight is 234 g/mol. The third-order valence-corrected chi connectivity index (χ3v) is 3.34. The van der Waals surface area contributed by atoms with Crippen LogP contribution in [-0.2, 0) is 16.1 Å². The summed E-state index contributed by atoms with van der Waals surface area (Å²) >= 11 is 0. The van der Waals surface area contributed by atoms with Crippen LogP contribution in [0.15, 0.2) is 24.3 Å². The standard InChI is InChI=1S/C14H18O3/c1-17-9-11-4-2-3-5-12(11)13(8-14(15)16)10-6-7-10/h2-5,10,13H,6-9H2,1H3,(H,15,16). The summed E-state index contributed by atoms with van der Waals surface area (Å²) in [4.78, 5) is 11.0. The first-order chi connectivity index (χ1) is 8.22.